The standard InChI is InChI=1S/C25H22BrClN2O6S/c1-12-20(24(31)35-5)21(15-11-14(27)6-7-17(15)32-2)29-23(30)19(36-25(29)28-12)10-13-8-16(26)22(34-4)18(9-13)33-3/h6-11,21H,1-5H3/b19-10-/t21-/m1/s1. The van der Waals surface area contributed by atoms with Crippen LogP contribution in [0.5, 0.6) is 17.2 Å². The van der Waals surface area contributed by atoms with Gasteiger partial charge in [0.15, 0.2) is 16.3 Å². The molecule has 0 aliphatic carbocycles. The molecular weight excluding hydrogens is 572 g/mol. The molecule has 0 fully saturated rings. The first kappa shape index (κ1) is 26.0. The number of benzene rings is 2. The number of aromatic nitrogens is 1. The van der Waals surface area contributed by atoms with Crippen molar-refractivity contribution in [3.63, 3.8) is 0 Å². The number of allylic oxidation sites excluding steroid dienone is 1. The van der Waals surface area contributed by atoms with Crippen LogP contribution in [-0.4, -0.2) is 39.0 Å². The van der Waals surface area contributed by atoms with Gasteiger partial charge in [0.2, 0.25) is 0 Å². The Morgan fingerprint density at radius 2 is 1.83 bits per heavy atom. The van der Waals surface area contributed by atoms with Crippen molar-refractivity contribution in [3.8, 4) is 17.2 Å². The first-order valence-electron chi connectivity index (χ1n) is 10.6. The lowest BCUT2D eigenvalue weighted by Crippen LogP contribution is -2.40. The Morgan fingerprint density at radius 3 is 2.47 bits per heavy atom. The number of ether oxygens (including phenoxy) is 4. The van der Waals surface area contributed by atoms with Crippen molar-refractivity contribution in [1.82, 2.24) is 4.57 Å². The van der Waals surface area contributed by atoms with Crippen LogP contribution in [0.1, 0.15) is 24.1 Å². The minimum absolute atomic E-state index is 0.228. The van der Waals surface area contributed by atoms with Gasteiger partial charge in [-0.1, -0.05) is 22.9 Å². The molecule has 1 aliphatic rings. The number of nitrogens with zero attached hydrogens (tertiary/aromatic N) is 2. The van der Waals surface area contributed by atoms with Gasteiger partial charge in [-0.15, -0.1) is 0 Å². The molecule has 1 atom stereocenters. The van der Waals surface area contributed by atoms with E-state index in [4.69, 9.17) is 30.5 Å². The third-order valence-corrected chi connectivity index (χ3v) is 7.47. The first-order chi connectivity index (χ1) is 17.2. The zero-order valence-corrected chi connectivity index (χ0v) is 23.2. The highest BCUT2D eigenvalue weighted by atomic mass is 79.9. The smallest absolute Gasteiger partial charge is 0.338 e. The van der Waals surface area contributed by atoms with Gasteiger partial charge in [-0.05, 0) is 64.8 Å². The van der Waals surface area contributed by atoms with Gasteiger partial charge < -0.3 is 18.9 Å². The number of thiazole rings is 1. The maximum atomic E-state index is 13.8. The molecule has 8 nitrogen and oxygen atoms in total. The molecule has 11 heteroatoms. The van der Waals surface area contributed by atoms with E-state index in [1.165, 1.54) is 37.2 Å². The third-order valence-electron chi connectivity index (χ3n) is 5.67. The highest BCUT2D eigenvalue weighted by Gasteiger charge is 2.35. The van der Waals surface area contributed by atoms with Crippen LogP contribution >= 0.6 is 38.9 Å². The van der Waals surface area contributed by atoms with E-state index in [1.54, 1.807) is 44.4 Å². The van der Waals surface area contributed by atoms with Crippen LogP contribution < -0.4 is 29.1 Å². The number of fused-ring (bicyclic) bond motifs is 1. The SMILES string of the molecule is COC(=O)C1=C(C)N=c2s/c(=C\c3cc(Br)c(OC)c(OC)c3)c(=O)n2[C@@H]1c1cc(Cl)ccc1OC. The number of esters is 1. The van der Waals surface area contributed by atoms with Crippen molar-refractivity contribution in [1.29, 1.82) is 0 Å². The summed E-state index contributed by atoms with van der Waals surface area (Å²) in [7, 11) is 5.89. The number of hydrogen-bond donors (Lipinski definition) is 0. The molecule has 0 amide bonds. The van der Waals surface area contributed by atoms with E-state index in [0.29, 0.717) is 52.9 Å². The Morgan fingerprint density at radius 1 is 1.11 bits per heavy atom. The topological polar surface area (TPSA) is 88.4 Å². The van der Waals surface area contributed by atoms with E-state index in [-0.39, 0.29) is 11.1 Å². The predicted octanol–water partition coefficient (Wildman–Crippen LogP) is 3.85. The van der Waals surface area contributed by atoms with Gasteiger partial charge in [0.25, 0.3) is 5.56 Å². The minimum Gasteiger partial charge on any atom is -0.496 e. The Bertz CT molecular complexity index is 1580. The molecule has 0 saturated carbocycles. The van der Waals surface area contributed by atoms with Crippen molar-refractivity contribution >= 4 is 50.9 Å². The fourth-order valence-corrected chi connectivity index (χ4v) is 5.93. The Hall–Kier alpha value is -3.08. The average molecular weight is 594 g/mol. The van der Waals surface area contributed by atoms with E-state index in [1.807, 2.05) is 6.07 Å². The number of carbonyl (C=O) groups is 1. The number of methoxy groups -OCH3 is 4. The summed E-state index contributed by atoms with van der Waals surface area (Å²) in [6.07, 6.45) is 1.74. The van der Waals surface area contributed by atoms with E-state index < -0.39 is 12.0 Å². The van der Waals surface area contributed by atoms with Gasteiger partial charge in [-0.3, -0.25) is 9.36 Å². The fraction of sp³-hybridized carbons (Fsp3) is 0.240. The van der Waals surface area contributed by atoms with Gasteiger partial charge in [0, 0.05) is 10.6 Å². The summed E-state index contributed by atoms with van der Waals surface area (Å²) in [5, 5.41) is 0.432. The van der Waals surface area contributed by atoms with Crippen LogP contribution in [0.2, 0.25) is 5.02 Å². The second kappa shape index (κ2) is 10.5. The molecule has 3 aromatic rings. The van der Waals surface area contributed by atoms with Gasteiger partial charge in [-0.25, -0.2) is 9.79 Å². The second-order valence-corrected chi connectivity index (χ2v) is 10.00. The lowest BCUT2D eigenvalue weighted by atomic mass is 9.95. The summed E-state index contributed by atoms with van der Waals surface area (Å²) in [4.78, 5) is 31.6. The van der Waals surface area contributed by atoms with Crippen molar-refractivity contribution in [3.05, 3.63) is 81.9 Å². The maximum absolute atomic E-state index is 13.8. The van der Waals surface area contributed by atoms with Gasteiger partial charge in [0.1, 0.15) is 11.8 Å². The zero-order valence-electron chi connectivity index (χ0n) is 20.0. The number of hydrogen-bond acceptors (Lipinski definition) is 8. The fourth-order valence-electron chi connectivity index (χ4n) is 4.08. The highest BCUT2D eigenvalue weighted by molar-refractivity contribution is 9.10. The molecule has 0 saturated heterocycles. The molecule has 0 spiro atoms. The molecule has 0 bridgehead atoms. The van der Waals surface area contributed by atoms with Crippen LogP contribution in [-0.2, 0) is 9.53 Å². The highest BCUT2D eigenvalue weighted by Crippen LogP contribution is 2.38. The quantitative estimate of drug-likeness (QED) is 0.404. The lowest BCUT2D eigenvalue weighted by molar-refractivity contribution is -0.136. The molecule has 0 N–H and O–H groups in total. The summed E-state index contributed by atoms with van der Waals surface area (Å²) in [5.74, 6) is 0.930. The minimum atomic E-state index is -0.846. The number of carbonyl (C=O) groups excluding carboxylic acids is 1. The lowest BCUT2D eigenvalue weighted by Gasteiger charge is -2.25. The van der Waals surface area contributed by atoms with Gasteiger partial charge in [-0.2, -0.15) is 0 Å². The monoisotopic (exact) mass is 592 g/mol. The average Bonchev–Trinajstić information content (AvgIpc) is 3.16. The molecule has 0 radical (unpaired) electrons. The van der Waals surface area contributed by atoms with Crippen LogP contribution in [0.25, 0.3) is 6.08 Å². The van der Waals surface area contributed by atoms with Crippen LogP contribution in [0.4, 0.5) is 0 Å². The maximum Gasteiger partial charge on any atom is 0.338 e. The van der Waals surface area contributed by atoms with Gasteiger partial charge >= 0.3 is 5.97 Å². The van der Waals surface area contributed by atoms with Crippen LogP contribution in [0, 0.1) is 0 Å². The van der Waals surface area contributed by atoms with E-state index in [0.717, 1.165) is 0 Å². The Balaban J connectivity index is 2.01. The molecular formula is C25H22BrClN2O6S. The van der Waals surface area contributed by atoms with Crippen molar-refractivity contribution in [2.45, 2.75) is 13.0 Å². The molecule has 0 unspecified atom stereocenters. The molecule has 4 rings (SSSR count). The third kappa shape index (κ3) is 4.56. The molecule has 2 heterocycles. The molecule has 2 aromatic carbocycles. The predicted molar refractivity (Wildman–Crippen MR) is 141 cm³/mol. The number of rotatable bonds is 6. The first-order valence-corrected chi connectivity index (χ1v) is 12.6. The normalized spacial score (nSPS) is 15.3. The van der Waals surface area contributed by atoms with E-state index in [9.17, 15) is 9.59 Å². The van der Waals surface area contributed by atoms with E-state index in [2.05, 4.69) is 20.9 Å². The molecule has 36 heavy (non-hydrogen) atoms. The van der Waals surface area contributed by atoms with Crippen molar-refractivity contribution in [2.75, 3.05) is 28.4 Å². The Kier molecular flexibility index (Phi) is 7.58. The van der Waals surface area contributed by atoms with E-state index >= 15 is 0 Å². The summed E-state index contributed by atoms with van der Waals surface area (Å²) in [6, 6.07) is 7.79. The molecule has 1 aliphatic heterocycles. The number of halogens is 2. The summed E-state index contributed by atoms with van der Waals surface area (Å²) in [6.45, 7) is 1.71. The molecule has 1 aromatic heterocycles. The van der Waals surface area contributed by atoms with Crippen LogP contribution in [0.15, 0.2) is 55.9 Å². The summed E-state index contributed by atoms with van der Waals surface area (Å²) in [5.41, 5.74) is 1.60. The Labute approximate surface area is 224 Å². The largest absolute Gasteiger partial charge is 0.496 e. The summed E-state index contributed by atoms with van der Waals surface area (Å²) < 4.78 is 24.0. The van der Waals surface area contributed by atoms with Crippen molar-refractivity contribution in [2.24, 2.45) is 4.99 Å². The van der Waals surface area contributed by atoms with Crippen molar-refractivity contribution < 1.29 is 23.7 Å². The van der Waals surface area contributed by atoms with Crippen LogP contribution in [0.3, 0.4) is 0 Å². The zero-order chi connectivity index (χ0) is 26.1. The van der Waals surface area contributed by atoms with Gasteiger partial charge in [0.05, 0.1) is 48.7 Å². The second-order valence-electron chi connectivity index (χ2n) is 7.70. The summed E-state index contributed by atoms with van der Waals surface area (Å²) >= 11 is 11.0. The molecule has 188 valence electrons.